The molecule has 0 unspecified atom stereocenters. The van der Waals surface area contributed by atoms with E-state index in [1.807, 2.05) is 0 Å². The second kappa shape index (κ2) is 6.94. The summed E-state index contributed by atoms with van der Waals surface area (Å²) in [5.74, 6) is 0. The van der Waals surface area contributed by atoms with Crippen LogP contribution in [-0.4, -0.2) is 68.0 Å². The van der Waals surface area contributed by atoms with Gasteiger partial charge < -0.3 is 30.3 Å². The van der Waals surface area contributed by atoms with Crippen molar-refractivity contribution in [3.63, 3.8) is 0 Å². The van der Waals surface area contributed by atoms with Gasteiger partial charge in [0.2, 0.25) is 0 Å². The number of ether oxygens (including phenoxy) is 1. The second-order valence-corrected chi connectivity index (χ2v) is 3.03. The molecule has 0 saturated carbocycles. The number of isothiocyanates is 1. The van der Waals surface area contributed by atoms with Crippen LogP contribution < -0.4 is 0 Å². The summed E-state index contributed by atoms with van der Waals surface area (Å²) < 4.78 is 4.58. The van der Waals surface area contributed by atoms with Gasteiger partial charge in [-0.25, -0.2) is 5.41 Å². The summed E-state index contributed by atoms with van der Waals surface area (Å²) in [6, 6.07) is 0. The monoisotopic (exact) mass is 239 g/mol. The van der Waals surface area contributed by atoms with Crippen LogP contribution in [-0.2, 0) is 4.74 Å². The van der Waals surface area contributed by atoms with E-state index in [0.29, 0.717) is 0 Å². The molecule has 1 aliphatic heterocycles. The lowest BCUT2D eigenvalue weighted by Gasteiger charge is -2.37. The number of rotatable bonds is 1. The summed E-state index contributed by atoms with van der Waals surface area (Å²) in [6.45, 7) is -0.526. The first-order valence-electron chi connectivity index (χ1n) is 4.02. The van der Waals surface area contributed by atoms with Crippen LogP contribution in [0, 0.1) is 5.41 Å². The number of aliphatic hydroxyl groups excluding tert-OH is 5. The van der Waals surface area contributed by atoms with Gasteiger partial charge in [-0.05, 0) is 12.2 Å². The first kappa shape index (κ1) is 14.6. The summed E-state index contributed by atoms with van der Waals surface area (Å²) in [4.78, 5) is 0. The molecule has 5 atom stereocenters. The van der Waals surface area contributed by atoms with Gasteiger partial charge in [-0.3, -0.25) is 0 Å². The molecule has 1 heterocycles. The quantitative estimate of drug-likeness (QED) is 0.219. The van der Waals surface area contributed by atoms with Gasteiger partial charge in [0, 0.05) is 0 Å². The van der Waals surface area contributed by atoms with Crippen LogP contribution in [0.2, 0.25) is 0 Å². The Labute approximate surface area is 91.1 Å². The molecule has 15 heavy (non-hydrogen) atoms. The third-order valence-electron chi connectivity index (χ3n) is 1.87. The standard InChI is InChI=1S/C6H12O6.CHNS/c7-1-2-3(8)4(9)5(10)6(11)12-2;2-1-3/h2-11H,1H2;2H/t2-,3-,4+,5-,6-;/m1./s1. The van der Waals surface area contributed by atoms with Gasteiger partial charge in [0.1, 0.15) is 24.4 Å². The molecule has 0 amide bonds. The van der Waals surface area contributed by atoms with Gasteiger partial charge in [0.05, 0.1) is 11.8 Å². The maximum absolute atomic E-state index is 9.12. The molecule has 0 spiro atoms. The molecule has 88 valence electrons. The molecule has 1 rings (SSSR count). The SMILES string of the molecule is N=C=S.OC[C@H]1O[C@@H](O)[C@H](O)[C@@H](O)[C@@H]1O. The molecule has 0 aromatic carbocycles. The lowest BCUT2D eigenvalue weighted by Crippen LogP contribution is -2.58. The van der Waals surface area contributed by atoms with Crippen molar-refractivity contribution in [1.82, 2.24) is 0 Å². The number of aliphatic hydroxyl groups is 5. The molecule has 0 bridgehead atoms. The Morgan fingerprint density at radius 3 is 2.00 bits per heavy atom. The largest absolute Gasteiger partial charge is 0.394 e. The Hall–Kier alpha value is -0.440. The van der Waals surface area contributed by atoms with E-state index in [-0.39, 0.29) is 0 Å². The third-order valence-corrected chi connectivity index (χ3v) is 1.87. The predicted octanol–water partition coefficient (Wildman–Crippen LogP) is -2.55. The minimum Gasteiger partial charge on any atom is -0.394 e. The van der Waals surface area contributed by atoms with E-state index in [0.717, 1.165) is 0 Å². The molecular weight excluding hydrogens is 226 g/mol. The summed E-state index contributed by atoms with van der Waals surface area (Å²) in [6.07, 6.45) is -7.04. The molecule has 0 aromatic rings. The number of thiocarbonyl (C=S) groups is 1. The van der Waals surface area contributed by atoms with E-state index < -0.39 is 37.3 Å². The van der Waals surface area contributed by atoms with Crippen molar-refractivity contribution in [3.8, 4) is 0 Å². The van der Waals surface area contributed by atoms with E-state index in [2.05, 4.69) is 17.0 Å². The molecule has 7 nitrogen and oxygen atoms in total. The first-order valence-corrected chi connectivity index (χ1v) is 4.42. The Bertz CT molecular complexity index is 217. The van der Waals surface area contributed by atoms with E-state index in [1.165, 1.54) is 0 Å². The second-order valence-electron chi connectivity index (χ2n) is 2.82. The van der Waals surface area contributed by atoms with Crippen LogP contribution in [0.25, 0.3) is 0 Å². The highest BCUT2D eigenvalue weighted by atomic mass is 32.1. The van der Waals surface area contributed by atoms with Gasteiger partial charge in [-0.1, -0.05) is 0 Å². The topological polar surface area (TPSA) is 134 Å². The zero-order chi connectivity index (χ0) is 12.0. The minimum atomic E-state index is -1.57. The van der Waals surface area contributed by atoms with Gasteiger partial charge in [0.15, 0.2) is 6.29 Å². The van der Waals surface area contributed by atoms with Crippen LogP contribution in [0.3, 0.4) is 0 Å². The fourth-order valence-electron chi connectivity index (χ4n) is 1.08. The van der Waals surface area contributed by atoms with Crippen molar-refractivity contribution >= 4 is 17.4 Å². The zero-order valence-electron chi connectivity index (χ0n) is 7.65. The average molecular weight is 239 g/mol. The fraction of sp³-hybridized carbons (Fsp3) is 0.857. The van der Waals surface area contributed by atoms with Crippen molar-refractivity contribution < 1.29 is 30.3 Å². The Kier molecular flexibility index (Phi) is 6.73. The molecule has 1 saturated heterocycles. The zero-order valence-corrected chi connectivity index (χ0v) is 8.46. The summed E-state index contributed by atoms with van der Waals surface area (Å²) in [7, 11) is 0. The highest BCUT2D eigenvalue weighted by Gasteiger charge is 2.42. The molecule has 0 aliphatic carbocycles. The number of hydrogen-bond donors (Lipinski definition) is 6. The maximum atomic E-state index is 9.12. The third kappa shape index (κ3) is 3.90. The summed E-state index contributed by atoms with van der Waals surface area (Å²) >= 11 is 3.81. The molecule has 6 N–H and O–H groups in total. The Morgan fingerprint density at radius 2 is 1.60 bits per heavy atom. The van der Waals surface area contributed by atoms with Crippen molar-refractivity contribution in [2.45, 2.75) is 30.7 Å². The predicted molar refractivity (Wildman–Crippen MR) is 51.3 cm³/mol. The molecular formula is C7H13NO6S. The van der Waals surface area contributed by atoms with Crippen molar-refractivity contribution in [3.05, 3.63) is 0 Å². The van der Waals surface area contributed by atoms with E-state index in [4.69, 9.17) is 30.9 Å². The first-order chi connectivity index (χ1) is 6.99. The highest BCUT2D eigenvalue weighted by molar-refractivity contribution is 7.78. The lowest BCUT2D eigenvalue weighted by atomic mass is 10.00. The number of nitrogens with one attached hydrogen (secondary N) is 1. The molecule has 8 heteroatoms. The van der Waals surface area contributed by atoms with Gasteiger partial charge in [-0.15, -0.1) is 0 Å². The average Bonchev–Trinajstić information content (AvgIpc) is 2.21. The van der Waals surface area contributed by atoms with Gasteiger partial charge in [-0.2, -0.15) is 0 Å². The van der Waals surface area contributed by atoms with Crippen LogP contribution >= 0.6 is 12.2 Å². The van der Waals surface area contributed by atoms with Gasteiger partial charge >= 0.3 is 0 Å². The van der Waals surface area contributed by atoms with Gasteiger partial charge in [0.25, 0.3) is 0 Å². The summed E-state index contributed by atoms with van der Waals surface area (Å²) in [5.41, 5.74) is 0. The molecule has 0 aromatic heterocycles. The number of hydrogen-bond acceptors (Lipinski definition) is 8. The maximum Gasteiger partial charge on any atom is 0.184 e. The van der Waals surface area contributed by atoms with Crippen LogP contribution in [0.15, 0.2) is 0 Å². The van der Waals surface area contributed by atoms with E-state index >= 15 is 0 Å². The van der Waals surface area contributed by atoms with E-state index in [1.54, 1.807) is 5.16 Å². The smallest absolute Gasteiger partial charge is 0.184 e. The minimum absolute atomic E-state index is 0.526. The van der Waals surface area contributed by atoms with Crippen LogP contribution in [0.5, 0.6) is 0 Å². The Balaban J connectivity index is 0.000000583. The van der Waals surface area contributed by atoms with Crippen molar-refractivity contribution in [2.24, 2.45) is 0 Å². The van der Waals surface area contributed by atoms with Crippen molar-refractivity contribution in [2.75, 3.05) is 6.61 Å². The lowest BCUT2D eigenvalue weighted by molar-refractivity contribution is -0.286. The van der Waals surface area contributed by atoms with Crippen LogP contribution in [0.4, 0.5) is 0 Å². The fourth-order valence-corrected chi connectivity index (χ4v) is 1.08. The molecule has 1 fully saturated rings. The Morgan fingerprint density at radius 1 is 1.13 bits per heavy atom. The van der Waals surface area contributed by atoms with Crippen molar-refractivity contribution in [1.29, 1.82) is 5.41 Å². The summed E-state index contributed by atoms with van der Waals surface area (Å²) in [5, 5.41) is 52.0. The molecule has 1 aliphatic rings. The molecule has 0 radical (unpaired) electrons. The highest BCUT2D eigenvalue weighted by Crippen LogP contribution is 2.18. The van der Waals surface area contributed by atoms with Crippen LogP contribution in [0.1, 0.15) is 0 Å². The normalized spacial score (nSPS) is 39.9. The van der Waals surface area contributed by atoms with E-state index in [9.17, 15) is 0 Å².